The lowest BCUT2D eigenvalue weighted by atomic mass is 9.96. The lowest BCUT2D eigenvalue weighted by molar-refractivity contribution is 0.303. The summed E-state index contributed by atoms with van der Waals surface area (Å²) in [6, 6.07) is 10.8. The molecule has 0 saturated carbocycles. The minimum atomic E-state index is -0.205. The molecule has 8 nitrogen and oxygen atoms in total. The van der Waals surface area contributed by atoms with Crippen LogP contribution in [0.2, 0.25) is 0 Å². The van der Waals surface area contributed by atoms with Gasteiger partial charge in [0.15, 0.2) is 5.82 Å². The molecule has 1 unspecified atom stereocenters. The van der Waals surface area contributed by atoms with Crippen LogP contribution in [-0.2, 0) is 24.8 Å². The second-order valence-corrected chi connectivity index (χ2v) is 10.5. The number of likely N-dealkylation sites (N-methyl/N-ethyl adjacent to an activating group) is 1. The van der Waals surface area contributed by atoms with E-state index in [1.165, 1.54) is 11.1 Å². The standard InChI is InChI=1S/C27H33N7O/c1-7-33-25(35)21-16-29-23(30-19-9-8-17-13-20(32(5)6)14-18(17)12-19)15-22(21)34(33)24-10-11-28-26(31-24)27(2,3)4/h8-12,15-16,20H,7,13-14H2,1-6H3,(H,29,30). The van der Waals surface area contributed by atoms with Crippen LogP contribution in [0.15, 0.2) is 47.5 Å². The highest BCUT2D eigenvalue weighted by molar-refractivity contribution is 5.82. The molecule has 3 aromatic heterocycles. The Balaban J connectivity index is 1.55. The maximum Gasteiger partial charge on any atom is 0.276 e. The summed E-state index contributed by atoms with van der Waals surface area (Å²) < 4.78 is 3.58. The molecule has 35 heavy (non-hydrogen) atoms. The lowest BCUT2D eigenvalue weighted by Crippen LogP contribution is -2.27. The molecular formula is C27H33N7O. The van der Waals surface area contributed by atoms with Gasteiger partial charge < -0.3 is 10.2 Å². The summed E-state index contributed by atoms with van der Waals surface area (Å²) in [7, 11) is 4.28. The summed E-state index contributed by atoms with van der Waals surface area (Å²) in [5.41, 5.74) is 4.26. The first kappa shape index (κ1) is 23.2. The maximum atomic E-state index is 13.2. The Morgan fingerprint density at radius 1 is 1.09 bits per heavy atom. The molecule has 0 saturated heterocycles. The van der Waals surface area contributed by atoms with Crippen LogP contribution >= 0.6 is 0 Å². The predicted molar refractivity (Wildman–Crippen MR) is 140 cm³/mol. The fraction of sp³-hybridized carbons (Fsp3) is 0.407. The average molecular weight is 472 g/mol. The Labute approximate surface area is 205 Å². The maximum absolute atomic E-state index is 13.2. The number of anilines is 2. The average Bonchev–Trinajstić information content (AvgIpc) is 3.37. The molecule has 5 rings (SSSR count). The van der Waals surface area contributed by atoms with Crippen molar-refractivity contribution in [3.05, 3.63) is 70.0 Å². The van der Waals surface area contributed by atoms with E-state index in [1.807, 2.05) is 23.7 Å². The van der Waals surface area contributed by atoms with Crippen LogP contribution in [0.25, 0.3) is 16.7 Å². The van der Waals surface area contributed by atoms with E-state index in [4.69, 9.17) is 4.98 Å². The smallest absolute Gasteiger partial charge is 0.276 e. The number of aromatic nitrogens is 5. The minimum absolute atomic E-state index is 0.0790. The van der Waals surface area contributed by atoms with Crippen LogP contribution in [-0.4, -0.2) is 49.4 Å². The Hall–Kier alpha value is -3.52. The fourth-order valence-corrected chi connectivity index (χ4v) is 4.76. The topological polar surface area (TPSA) is 80.9 Å². The SMILES string of the molecule is CCn1c(=O)c2cnc(Nc3ccc4c(c3)CC(N(C)C)C4)cc2n1-c1ccnc(C(C)(C)C)n1. The van der Waals surface area contributed by atoms with Crippen molar-refractivity contribution in [1.29, 1.82) is 0 Å². The Kier molecular flexibility index (Phi) is 5.71. The van der Waals surface area contributed by atoms with Gasteiger partial charge in [0.1, 0.15) is 11.6 Å². The van der Waals surface area contributed by atoms with Gasteiger partial charge in [-0.2, -0.15) is 0 Å². The summed E-state index contributed by atoms with van der Waals surface area (Å²) in [4.78, 5) is 29.3. The van der Waals surface area contributed by atoms with E-state index >= 15 is 0 Å². The summed E-state index contributed by atoms with van der Waals surface area (Å²) in [5, 5.41) is 4.01. The van der Waals surface area contributed by atoms with Crippen molar-refractivity contribution in [3.63, 3.8) is 0 Å². The molecule has 0 spiro atoms. The highest BCUT2D eigenvalue weighted by Gasteiger charge is 2.24. The van der Waals surface area contributed by atoms with Gasteiger partial charge in [-0.1, -0.05) is 26.8 Å². The van der Waals surface area contributed by atoms with Gasteiger partial charge in [-0.05, 0) is 57.1 Å². The van der Waals surface area contributed by atoms with E-state index in [2.05, 4.69) is 73.3 Å². The summed E-state index contributed by atoms with van der Waals surface area (Å²) >= 11 is 0. The third kappa shape index (κ3) is 4.23. The largest absolute Gasteiger partial charge is 0.340 e. The van der Waals surface area contributed by atoms with Crippen molar-refractivity contribution in [2.45, 2.75) is 58.5 Å². The van der Waals surface area contributed by atoms with Crippen LogP contribution in [0.3, 0.4) is 0 Å². The van der Waals surface area contributed by atoms with Gasteiger partial charge in [0.05, 0.1) is 10.9 Å². The Morgan fingerprint density at radius 2 is 1.86 bits per heavy atom. The molecule has 1 N–H and O–H groups in total. The second-order valence-electron chi connectivity index (χ2n) is 10.5. The van der Waals surface area contributed by atoms with E-state index in [0.717, 1.165) is 29.9 Å². The number of nitrogens with zero attached hydrogens (tertiary/aromatic N) is 6. The third-order valence-corrected chi connectivity index (χ3v) is 6.76. The molecule has 0 fully saturated rings. The van der Waals surface area contributed by atoms with Crippen molar-refractivity contribution in [3.8, 4) is 5.82 Å². The molecule has 182 valence electrons. The molecule has 0 aliphatic heterocycles. The minimum Gasteiger partial charge on any atom is -0.340 e. The first-order valence-electron chi connectivity index (χ1n) is 12.2. The number of rotatable bonds is 5. The summed E-state index contributed by atoms with van der Waals surface area (Å²) in [6.07, 6.45) is 5.54. The molecule has 0 bridgehead atoms. The van der Waals surface area contributed by atoms with Gasteiger partial charge in [-0.3, -0.25) is 4.79 Å². The summed E-state index contributed by atoms with van der Waals surface area (Å²) in [5.74, 6) is 2.09. The number of hydrogen-bond donors (Lipinski definition) is 1. The molecular weight excluding hydrogens is 438 g/mol. The molecule has 0 radical (unpaired) electrons. The number of nitrogens with one attached hydrogen (secondary N) is 1. The first-order chi connectivity index (χ1) is 16.7. The molecule has 1 aliphatic carbocycles. The molecule has 4 aromatic rings. The van der Waals surface area contributed by atoms with Crippen molar-refractivity contribution in [2.24, 2.45) is 0 Å². The van der Waals surface area contributed by atoms with E-state index in [-0.39, 0.29) is 11.0 Å². The third-order valence-electron chi connectivity index (χ3n) is 6.76. The number of fused-ring (bicyclic) bond motifs is 2. The lowest BCUT2D eigenvalue weighted by Gasteiger charge is -2.18. The fourth-order valence-electron chi connectivity index (χ4n) is 4.76. The second kappa shape index (κ2) is 8.61. The highest BCUT2D eigenvalue weighted by Crippen LogP contribution is 2.29. The van der Waals surface area contributed by atoms with Crippen molar-refractivity contribution in [1.82, 2.24) is 29.2 Å². The zero-order valence-electron chi connectivity index (χ0n) is 21.3. The van der Waals surface area contributed by atoms with Gasteiger partial charge in [0.2, 0.25) is 0 Å². The van der Waals surface area contributed by atoms with Crippen LogP contribution in [0.1, 0.15) is 44.6 Å². The number of pyridine rings is 1. The van der Waals surface area contributed by atoms with Crippen LogP contribution < -0.4 is 10.9 Å². The molecule has 0 amide bonds. The zero-order valence-corrected chi connectivity index (χ0v) is 21.3. The zero-order chi connectivity index (χ0) is 24.9. The quantitative estimate of drug-likeness (QED) is 0.473. The first-order valence-corrected chi connectivity index (χ1v) is 12.2. The van der Waals surface area contributed by atoms with Gasteiger partial charge in [-0.15, -0.1) is 0 Å². The monoisotopic (exact) mass is 471 g/mol. The highest BCUT2D eigenvalue weighted by atomic mass is 16.1. The Morgan fingerprint density at radius 3 is 2.57 bits per heavy atom. The van der Waals surface area contributed by atoms with Crippen molar-refractivity contribution < 1.29 is 0 Å². The van der Waals surface area contributed by atoms with Crippen LogP contribution in [0.5, 0.6) is 0 Å². The van der Waals surface area contributed by atoms with Gasteiger partial charge in [-0.25, -0.2) is 24.3 Å². The van der Waals surface area contributed by atoms with Gasteiger partial charge in [0.25, 0.3) is 5.56 Å². The van der Waals surface area contributed by atoms with E-state index in [1.54, 1.807) is 17.1 Å². The normalized spacial score (nSPS) is 15.7. The van der Waals surface area contributed by atoms with E-state index < -0.39 is 0 Å². The summed E-state index contributed by atoms with van der Waals surface area (Å²) in [6.45, 7) is 8.71. The van der Waals surface area contributed by atoms with Crippen LogP contribution in [0, 0.1) is 0 Å². The number of benzene rings is 1. The molecule has 8 heteroatoms. The molecule has 3 heterocycles. The van der Waals surface area contributed by atoms with E-state index in [9.17, 15) is 4.79 Å². The van der Waals surface area contributed by atoms with Gasteiger partial charge in [0, 0.05) is 48.2 Å². The van der Waals surface area contributed by atoms with Crippen molar-refractivity contribution >= 4 is 22.4 Å². The van der Waals surface area contributed by atoms with Crippen molar-refractivity contribution in [2.75, 3.05) is 19.4 Å². The van der Waals surface area contributed by atoms with E-state index in [0.29, 0.717) is 29.6 Å². The van der Waals surface area contributed by atoms with Crippen LogP contribution in [0.4, 0.5) is 11.5 Å². The number of hydrogen-bond acceptors (Lipinski definition) is 6. The molecule has 1 atom stereocenters. The molecule has 1 aromatic carbocycles. The predicted octanol–water partition coefficient (Wildman–Crippen LogP) is 4.07. The molecule has 1 aliphatic rings. The van der Waals surface area contributed by atoms with Gasteiger partial charge >= 0.3 is 0 Å². The Bertz CT molecular complexity index is 1460.